The number of hydrogen-bond acceptors (Lipinski definition) is 3. The summed E-state index contributed by atoms with van der Waals surface area (Å²) in [5, 5.41) is 0. The van der Waals surface area contributed by atoms with Gasteiger partial charge in [-0.15, -0.1) is 0 Å². The van der Waals surface area contributed by atoms with Gasteiger partial charge in [0.2, 0.25) is 5.91 Å². The lowest BCUT2D eigenvalue weighted by molar-refractivity contribution is -0.130. The zero-order valence-electron chi connectivity index (χ0n) is 9.50. The highest BCUT2D eigenvalue weighted by molar-refractivity contribution is 5.93. The van der Waals surface area contributed by atoms with Crippen molar-refractivity contribution < 1.29 is 9.59 Å². The van der Waals surface area contributed by atoms with E-state index in [2.05, 4.69) is 4.98 Å². The maximum absolute atomic E-state index is 11.8. The molecule has 1 aliphatic heterocycles. The fourth-order valence-electron chi connectivity index (χ4n) is 1.72. The molecular weight excluding hydrogens is 216 g/mol. The topological polar surface area (TPSA) is 50.3 Å². The lowest BCUT2D eigenvalue weighted by Gasteiger charge is -2.24. The van der Waals surface area contributed by atoms with Crippen LogP contribution >= 0.6 is 0 Å². The van der Waals surface area contributed by atoms with Crippen LogP contribution in [-0.4, -0.2) is 34.7 Å². The van der Waals surface area contributed by atoms with Gasteiger partial charge >= 0.3 is 0 Å². The largest absolute Gasteiger partial charge is 0.338 e. The second-order valence-electron chi connectivity index (χ2n) is 3.98. The summed E-state index contributed by atoms with van der Waals surface area (Å²) in [6.45, 7) is 1.08. The Morgan fingerprint density at radius 1 is 1.24 bits per heavy atom. The number of amides is 1. The summed E-state index contributed by atoms with van der Waals surface area (Å²) in [5.74, 6) is 0.210. The monoisotopic (exact) mass is 230 g/mol. The number of hydrogen-bond donors (Lipinski definition) is 0. The van der Waals surface area contributed by atoms with Crippen molar-refractivity contribution in [1.29, 1.82) is 0 Å². The molecule has 4 nitrogen and oxygen atoms in total. The Hall–Kier alpha value is -1.97. The third-order valence-corrected chi connectivity index (χ3v) is 2.76. The van der Waals surface area contributed by atoms with Gasteiger partial charge in [0.15, 0.2) is 0 Å². The smallest absolute Gasteiger partial charge is 0.246 e. The van der Waals surface area contributed by atoms with Gasteiger partial charge in [0.25, 0.3) is 0 Å². The van der Waals surface area contributed by atoms with Gasteiger partial charge in [0, 0.05) is 44.4 Å². The van der Waals surface area contributed by atoms with Gasteiger partial charge in [-0.25, -0.2) is 0 Å². The van der Waals surface area contributed by atoms with E-state index in [0.717, 1.165) is 5.56 Å². The van der Waals surface area contributed by atoms with Crippen molar-refractivity contribution >= 4 is 17.8 Å². The first-order valence-electron chi connectivity index (χ1n) is 5.64. The average molecular weight is 230 g/mol. The van der Waals surface area contributed by atoms with Crippen molar-refractivity contribution in [2.24, 2.45) is 0 Å². The molecule has 1 aromatic heterocycles. The van der Waals surface area contributed by atoms with Gasteiger partial charge in [-0.3, -0.25) is 14.6 Å². The van der Waals surface area contributed by atoms with E-state index in [1.165, 1.54) is 0 Å². The second-order valence-corrected chi connectivity index (χ2v) is 3.98. The first-order chi connectivity index (χ1) is 8.25. The van der Waals surface area contributed by atoms with Crippen molar-refractivity contribution in [3.63, 3.8) is 0 Å². The molecule has 0 saturated carbocycles. The quantitative estimate of drug-likeness (QED) is 0.719. The summed E-state index contributed by atoms with van der Waals surface area (Å²) in [7, 11) is 0. The van der Waals surface area contributed by atoms with E-state index in [0.29, 0.717) is 25.9 Å². The molecule has 0 atom stereocenters. The number of pyridine rings is 1. The van der Waals surface area contributed by atoms with Crippen LogP contribution in [-0.2, 0) is 9.59 Å². The van der Waals surface area contributed by atoms with E-state index < -0.39 is 0 Å². The van der Waals surface area contributed by atoms with Crippen LogP contribution in [0.3, 0.4) is 0 Å². The molecule has 1 amide bonds. The fraction of sp³-hybridized carbons (Fsp3) is 0.308. The highest BCUT2D eigenvalue weighted by Gasteiger charge is 2.18. The van der Waals surface area contributed by atoms with Crippen LogP contribution in [0.4, 0.5) is 0 Å². The highest BCUT2D eigenvalue weighted by Crippen LogP contribution is 2.07. The van der Waals surface area contributed by atoms with Crippen molar-refractivity contribution in [2.45, 2.75) is 12.8 Å². The third-order valence-electron chi connectivity index (χ3n) is 2.76. The van der Waals surface area contributed by atoms with Crippen molar-refractivity contribution in [1.82, 2.24) is 9.88 Å². The Balaban J connectivity index is 1.93. The number of aromatic nitrogens is 1. The Bertz CT molecular complexity index is 430. The van der Waals surface area contributed by atoms with Gasteiger partial charge < -0.3 is 4.90 Å². The SMILES string of the molecule is O=C1CCN(C(=O)/C=C/c2ccncc2)CC1. The van der Waals surface area contributed by atoms with E-state index in [9.17, 15) is 9.59 Å². The van der Waals surface area contributed by atoms with Crippen LogP contribution in [0.15, 0.2) is 30.6 Å². The summed E-state index contributed by atoms with van der Waals surface area (Å²) in [6.07, 6.45) is 7.64. The van der Waals surface area contributed by atoms with Gasteiger partial charge in [0.05, 0.1) is 0 Å². The Morgan fingerprint density at radius 3 is 2.53 bits per heavy atom. The van der Waals surface area contributed by atoms with E-state index in [1.807, 2.05) is 12.1 Å². The fourth-order valence-corrected chi connectivity index (χ4v) is 1.72. The summed E-state index contributed by atoms with van der Waals surface area (Å²) in [4.78, 5) is 28.4. The molecule has 2 rings (SSSR count). The molecule has 4 heteroatoms. The van der Waals surface area contributed by atoms with Crippen LogP contribution in [0.25, 0.3) is 6.08 Å². The van der Waals surface area contributed by atoms with Gasteiger partial charge in [-0.1, -0.05) is 0 Å². The van der Waals surface area contributed by atoms with Crippen LogP contribution in [0.1, 0.15) is 18.4 Å². The first kappa shape index (κ1) is 11.5. The number of nitrogens with zero attached hydrogens (tertiary/aromatic N) is 2. The number of carbonyl (C=O) groups is 2. The van der Waals surface area contributed by atoms with Crippen LogP contribution in [0, 0.1) is 0 Å². The molecule has 0 aliphatic carbocycles. The summed E-state index contributed by atoms with van der Waals surface area (Å²) in [6, 6.07) is 3.67. The normalized spacial score (nSPS) is 16.5. The molecule has 0 unspecified atom stereocenters. The van der Waals surface area contributed by atoms with E-state index >= 15 is 0 Å². The molecule has 17 heavy (non-hydrogen) atoms. The van der Waals surface area contributed by atoms with E-state index in [-0.39, 0.29) is 11.7 Å². The molecule has 0 aromatic carbocycles. The minimum atomic E-state index is -0.0330. The maximum atomic E-state index is 11.8. The molecule has 88 valence electrons. The van der Waals surface area contributed by atoms with E-state index in [1.54, 1.807) is 29.4 Å². The minimum absolute atomic E-state index is 0.0330. The number of ketones is 1. The number of Topliss-reactive ketones (excluding diaryl/α,β-unsaturated/α-hetero) is 1. The summed E-state index contributed by atoms with van der Waals surface area (Å²) < 4.78 is 0. The number of likely N-dealkylation sites (tertiary alicyclic amines) is 1. The van der Waals surface area contributed by atoms with Crippen LogP contribution in [0.2, 0.25) is 0 Å². The molecule has 1 aliphatic rings. The molecule has 1 saturated heterocycles. The van der Waals surface area contributed by atoms with Crippen LogP contribution in [0.5, 0.6) is 0 Å². The number of piperidine rings is 1. The summed E-state index contributed by atoms with van der Waals surface area (Å²) in [5.41, 5.74) is 0.946. The van der Waals surface area contributed by atoms with Gasteiger partial charge in [-0.2, -0.15) is 0 Å². The Morgan fingerprint density at radius 2 is 1.88 bits per heavy atom. The zero-order chi connectivity index (χ0) is 12.1. The standard InChI is InChI=1S/C13H14N2O2/c16-12-5-9-15(10-6-12)13(17)2-1-11-3-7-14-8-4-11/h1-4,7-8H,5-6,9-10H2/b2-1+. The Labute approximate surface area is 100.0 Å². The highest BCUT2D eigenvalue weighted by atomic mass is 16.2. The molecule has 1 fully saturated rings. The third kappa shape index (κ3) is 3.24. The maximum Gasteiger partial charge on any atom is 0.246 e. The molecule has 2 heterocycles. The van der Waals surface area contributed by atoms with Crippen molar-refractivity contribution in [2.75, 3.05) is 13.1 Å². The van der Waals surface area contributed by atoms with Crippen molar-refractivity contribution in [3.05, 3.63) is 36.2 Å². The van der Waals surface area contributed by atoms with E-state index in [4.69, 9.17) is 0 Å². The molecular formula is C13H14N2O2. The number of rotatable bonds is 2. The lowest BCUT2D eigenvalue weighted by atomic mass is 10.1. The van der Waals surface area contributed by atoms with Gasteiger partial charge in [-0.05, 0) is 23.8 Å². The van der Waals surface area contributed by atoms with Crippen LogP contribution < -0.4 is 0 Å². The molecule has 0 spiro atoms. The molecule has 1 aromatic rings. The lowest BCUT2D eigenvalue weighted by Crippen LogP contribution is -2.37. The average Bonchev–Trinajstić information content (AvgIpc) is 2.38. The minimum Gasteiger partial charge on any atom is -0.338 e. The first-order valence-corrected chi connectivity index (χ1v) is 5.64. The molecule has 0 radical (unpaired) electrons. The van der Waals surface area contributed by atoms with Crippen molar-refractivity contribution in [3.8, 4) is 0 Å². The predicted molar refractivity (Wildman–Crippen MR) is 64.1 cm³/mol. The zero-order valence-corrected chi connectivity index (χ0v) is 9.50. The molecule has 0 N–H and O–H groups in total. The second kappa shape index (κ2) is 5.39. The predicted octanol–water partition coefficient (Wildman–Crippen LogP) is 1.29. The van der Waals surface area contributed by atoms with Gasteiger partial charge in [0.1, 0.15) is 5.78 Å². The Kier molecular flexibility index (Phi) is 3.65. The molecule has 0 bridgehead atoms. The summed E-state index contributed by atoms with van der Waals surface area (Å²) >= 11 is 0. The number of carbonyl (C=O) groups excluding carboxylic acids is 2.